The van der Waals surface area contributed by atoms with Crippen LogP contribution in [0, 0.1) is 0 Å². The Bertz CT molecular complexity index is 1160. The topological polar surface area (TPSA) is 52.7 Å². The van der Waals surface area contributed by atoms with Crippen molar-refractivity contribution in [2.45, 2.75) is 56.8 Å². The molecular weight excluding hydrogens is 446 g/mol. The fourth-order valence-electron chi connectivity index (χ4n) is 5.84. The van der Waals surface area contributed by atoms with Crippen LogP contribution in [0.25, 0.3) is 0 Å². The largest absolute Gasteiger partial charge is 0.338 e. The van der Waals surface area contributed by atoms with Gasteiger partial charge in [0, 0.05) is 37.5 Å². The summed E-state index contributed by atoms with van der Waals surface area (Å²) in [4.78, 5) is 31.0. The van der Waals surface area contributed by atoms with Crippen molar-refractivity contribution in [1.29, 1.82) is 0 Å². The number of aryl methyl sites for hydroxylation is 1. The molecule has 0 unspecified atom stereocenters. The highest BCUT2D eigenvalue weighted by Gasteiger charge is 2.53. The quantitative estimate of drug-likeness (QED) is 0.533. The molecule has 2 amide bonds. The molecule has 186 valence electrons. The fraction of sp³-hybridized carbons (Fsp3) is 0.355. The van der Waals surface area contributed by atoms with Crippen LogP contribution in [0.15, 0.2) is 91.0 Å². The number of likely N-dealkylation sites (tertiary alicyclic amines) is 1. The second-order valence-electron chi connectivity index (χ2n) is 10.2. The summed E-state index contributed by atoms with van der Waals surface area (Å²) in [6.07, 6.45) is 3.99. The Morgan fingerprint density at radius 3 is 2.06 bits per heavy atom. The molecule has 0 bridgehead atoms. The van der Waals surface area contributed by atoms with Crippen LogP contribution in [-0.2, 0) is 17.6 Å². The summed E-state index contributed by atoms with van der Waals surface area (Å²) in [7, 11) is 0. The van der Waals surface area contributed by atoms with Crippen molar-refractivity contribution in [2.24, 2.45) is 0 Å². The number of hydrogen-bond acceptors (Lipinski definition) is 3. The molecular formula is C31H35N3O2. The molecule has 2 heterocycles. The maximum atomic E-state index is 13.9. The van der Waals surface area contributed by atoms with Gasteiger partial charge in [-0.25, -0.2) is 0 Å². The first-order chi connectivity index (χ1) is 17.6. The normalized spacial score (nSPS) is 20.0. The standard InChI is InChI=1S/C31H35N3O2/c1-24(17-18-25-11-5-2-6-12-25)34-30(36)28(23-26-13-7-3-8-14-26)32-31(34)19-21-33(22-20-31)29(35)27-15-9-4-10-16-27/h2-16,24,28,32H,17-23H2,1H3/t24-,28+/m1/s1. The van der Waals surface area contributed by atoms with Crippen LogP contribution >= 0.6 is 0 Å². The third-order valence-electron chi connectivity index (χ3n) is 7.76. The van der Waals surface area contributed by atoms with Gasteiger partial charge in [-0.1, -0.05) is 78.9 Å². The van der Waals surface area contributed by atoms with Gasteiger partial charge in [0.1, 0.15) is 0 Å². The molecule has 2 aliphatic heterocycles. The Morgan fingerprint density at radius 1 is 0.889 bits per heavy atom. The lowest BCUT2D eigenvalue weighted by Crippen LogP contribution is -2.61. The number of piperidine rings is 1. The first kappa shape index (κ1) is 24.3. The zero-order valence-electron chi connectivity index (χ0n) is 21.0. The van der Waals surface area contributed by atoms with Crippen molar-refractivity contribution in [3.8, 4) is 0 Å². The number of carbonyl (C=O) groups is 2. The minimum atomic E-state index is -0.417. The van der Waals surface area contributed by atoms with Crippen molar-refractivity contribution in [3.63, 3.8) is 0 Å². The molecule has 0 radical (unpaired) electrons. The highest BCUT2D eigenvalue weighted by Crippen LogP contribution is 2.36. The number of benzene rings is 3. The van der Waals surface area contributed by atoms with Crippen LogP contribution in [0.2, 0.25) is 0 Å². The third-order valence-corrected chi connectivity index (χ3v) is 7.76. The van der Waals surface area contributed by atoms with Gasteiger partial charge >= 0.3 is 0 Å². The van der Waals surface area contributed by atoms with Crippen LogP contribution in [0.3, 0.4) is 0 Å². The Labute approximate surface area is 214 Å². The lowest BCUT2D eigenvalue weighted by Gasteiger charge is -2.47. The Morgan fingerprint density at radius 2 is 1.44 bits per heavy atom. The van der Waals surface area contributed by atoms with E-state index in [1.807, 2.05) is 59.5 Å². The van der Waals surface area contributed by atoms with Gasteiger partial charge in [0.25, 0.3) is 5.91 Å². The van der Waals surface area contributed by atoms with E-state index < -0.39 is 5.66 Å². The van der Waals surface area contributed by atoms with Crippen LogP contribution in [0.4, 0.5) is 0 Å². The van der Waals surface area contributed by atoms with Gasteiger partial charge in [0.15, 0.2) is 0 Å². The molecule has 0 aromatic heterocycles. The average Bonchev–Trinajstić information content (AvgIpc) is 3.19. The van der Waals surface area contributed by atoms with E-state index in [0.29, 0.717) is 19.5 Å². The first-order valence-electron chi connectivity index (χ1n) is 13.1. The van der Waals surface area contributed by atoms with E-state index in [1.54, 1.807) is 0 Å². The summed E-state index contributed by atoms with van der Waals surface area (Å²) in [5, 5.41) is 3.77. The SMILES string of the molecule is C[C@H](CCc1ccccc1)N1C(=O)[C@H](Cc2ccccc2)NC12CCN(C(=O)c1ccccc1)CC2. The summed E-state index contributed by atoms with van der Waals surface area (Å²) in [5.74, 6) is 0.251. The van der Waals surface area contributed by atoms with Crippen molar-refractivity contribution >= 4 is 11.8 Å². The summed E-state index contributed by atoms with van der Waals surface area (Å²) >= 11 is 0. The van der Waals surface area contributed by atoms with Crippen LogP contribution in [0.5, 0.6) is 0 Å². The van der Waals surface area contributed by atoms with E-state index >= 15 is 0 Å². The fourth-order valence-corrected chi connectivity index (χ4v) is 5.84. The zero-order valence-corrected chi connectivity index (χ0v) is 21.0. The molecule has 2 saturated heterocycles. The summed E-state index contributed by atoms with van der Waals surface area (Å²) in [6, 6.07) is 30.0. The van der Waals surface area contributed by atoms with E-state index in [0.717, 1.165) is 36.8 Å². The molecule has 2 fully saturated rings. The molecule has 3 aromatic rings. The van der Waals surface area contributed by atoms with Gasteiger partial charge in [-0.3, -0.25) is 14.9 Å². The molecule has 0 aliphatic carbocycles. The van der Waals surface area contributed by atoms with Gasteiger partial charge in [0.05, 0.1) is 11.7 Å². The Kier molecular flexibility index (Phi) is 7.19. The summed E-state index contributed by atoms with van der Waals surface area (Å²) < 4.78 is 0. The molecule has 1 N–H and O–H groups in total. The predicted octanol–water partition coefficient (Wildman–Crippen LogP) is 4.68. The van der Waals surface area contributed by atoms with E-state index in [1.165, 1.54) is 5.56 Å². The maximum Gasteiger partial charge on any atom is 0.253 e. The van der Waals surface area contributed by atoms with Crippen LogP contribution in [-0.4, -0.2) is 52.5 Å². The van der Waals surface area contributed by atoms with Crippen molar-refractivity contribution in [3.05, 3.63) is 108 Å². The van der Waals surface area contributed by atoms with Gasteiger partial charge in [-0.05, 0) is 49.4 Å². The van der Waals surface area contributed by atoms with Crippen molar-refractivity contribution < 1.29 is 9.59 Å². The second kappa shape index (κ2) is 10.7. The minimum absolute atomic E-state index is 0.0688. The molecule has 0 saturated carbocycles. The minimum Gasteiger partial charge on any atom is -0.338 e. The van der Waals surface area contributed by atoms with E-state index in [2.05, 4.69) is 53.5 Å². The number of amides is 2. The first-order valence-corrected chi connectivity index (χ1v) is 13.1. The highest BCUT2D eigenvalue weighted by atomic mass is 16.2. The monoisotopic (exact) mass is 481 g/mol. The summed E-state index contributed by atoms with van der Waals surface area (Å²) in [5.41, 5.74) is 2.76. The smallest absolute Gasteiger partial charge is 0.253 e. The van der Waals surface area contributed by atoms with Gasteiger partial charge < -0.3 is 9.80 Å². The Hall–Kier alpha value is -3.44. The number of nitrogens with zero attached hydrogens (tertiary/aromatic N) is 2. The number of rotatable bonds is 7. The number of nitrogens with one attached hydrogen (secondary N) is 1. The molecule has 2 aliphatic rings. The molecule has 5 nitrogen and oxygen atoms in total. The lowest BCUT2D eigenvalue weighted by atomic mass is 9.93. The van der Waals surface area contributed by atoms with Crippen LogP contribution < -0.4 is 5.32 Å². The maximum absolute atomic E-state index is 13.9. The molecule has 3 aromatic carbocycles. The molecule has 36 heavy (non-hydrogen) atoms. The van der Waals surface area contributed by atoms with Gasteiger partial charge in [-0.15, -0.1) is 0 Å². The average molecular weight is 482 g/mol. The number of hydrogen-bond donors (Lipinski definition) is 1. The van der Waals surface area contributed by atoms with E-state index in [9.17, 15) is 9.59 Å². The number of carbonyl (C=O) groups excluding carboxylic acids is 2. The molecule has 2 atom stereocenters. The van der Waals surface area contributed by atoms with Crippen molar-refractivity contribution in [1.82, 2.24) is 15.1 Å². The molecule has 1 spiro atoms. The molecule has 5 heteroatoms. The predicted molar refractivity (Wildman–Crippen MR) is 142 cm³/mol. The van der Waals surface area contributed by atoms with Crippen LogP contribution in [0.1, 0.15) is 47.7 Å². The van der Waals surface area contributed by atoms with Gasteiger partial charge in [-0.2, -0.15) is 0 Å². The Balaban J connectivity index is 1.34. The van der Waals surface area contributed by atoms with Crippen molar-refractivity contribution in [2.75, 3.05) is 13.1 Å². The highest BCUT2D eigenvalue weighted by molar-refractivity contribution is 5.94. The van der Waals surface area contributed by atoms with E-state index in [-0.39, 0.29) is 23.9 Å². The third kappa shape index (κ3) is 5.07. The lowest BCUT2D eigenvalue weighted by molar-refractivity contribution is -0.136. The molecule has 5 rings (SSSR count). The van der Waals surface area contributed by atoms with Gasteiger partial charge in [0.2, 0.25) is 5.91 Å². The van der Waals surface area contributed by atoms with E-state index in [4.69, 9.17) is 0 Å². The second-order valence-corrected chi connectivity index (χ2v) is 10.2. The zero-order chi connectivity index (χ0) is 25.0. The summed E-state index contributed by atoms with van der Waals surface area (Å²) in [6.45, 7) is 3.44.